The van der Waals surface area contributed by atoms with Crippen LogP contribution in [-0.4, -0.2) is 46.7 Å². The highest BCUT2D eigenvalue weighted by Crippen LogP contribution is 2.11. The van der Waals surface area contributed by atoms with Crippen LogP contribution in [0.2, 0.25) is 0 Å². The summed E-state index contributed by atoms with van der Waals surface area (Å²) in [6, 6.07) is 5.82. The molecule has 1 N–H and O–H groups in total. The van der Waals surface area contributed by atoms with E-state index in [0.717, 1.165) is 0 Å². The zero-order valence-electron chi connectivity index (χ0n) is 11.2. The van der Waals surface area contributed by atoms with Gasteiger partial charge in [-0.3, -0.25) is 4.79 Å². The zero-order chi connectivity index (χ0) is 14.6. The molecule has 2 rings (SSSR count). The molecule has 7 heteroatoms. The molecule has 1 unspecified atom stereocenters. The molecule has 0 bridgehead atoms. The fraction of sp³-hybridized carbons (Fsp3) is 0.462. The fourth-order valence-corrected chi connectivity index (χ4v) is 2.88. The molecule has 0 aliphatic carbocycles. The summed E-state index contributed by atoms with van der Waals surface area (Å²) in [5.74, 6) is -0.102. The lowest BCUT2D eigenvalue weighted by Gasteiger charge is -2.23. The number of ether oxygens (including phenoxy) is 2. The third-order valence-electron chi connectivity index (χ3n) is 2.96. The van der Waals surface area contributed by atoms with E-state index in [9.17, 15) is 13.2 Å². The number of sulfonamides is 1. The number of carbonyl (C=O) groups excluding carboxylic acids is 1. The Bertz CT molecular complexity index is 561. The SMILES string of the molecule is CC(=O)c1ccc(S(=O)(=O)NCC2COCCO2)cc1. The molecule has 1 atom stereocenters. The Balaban J connectivity index is 2.00. The molecule has 1 aliphatic rings. The van der Waals surface area contributed by atoms with Gasteiger partial charge < -0.3 is 9.47 Å². The van der Waals surface area contributed by atoms with Crippen molar-refractivity contribution >= 4 is 15.8 Å². The Morgan fingerprint density at radius 1 is 1.30 bits per heavy atom. The monoisotopic (exact) mass is 299 g/mol. The van der Waals surface area contributed by atoms with Crippen LogP contribution in [0.1, 0.15) is 17.3 Å². The average Bonchev–Trinajstić information content (AvgIpc) is 2.46. The van der Waals surface area contributed by atoms with E-state index in [1.165, 1.54) is 31.2 Å². The Morgan fingerprint density at radius 3 is 2.55 bits per heavy atom. The van der Waals surface area contributed by atoms with Gasteiger partial charge in [-0.05, 0) is 19.1 Å². The maximum absolute atomic E-state index is 12.1. The number of benzene rings is 1. The first-order valence-electron chi connectivity index (χ1n) is 6.29. The molecule has 20 heavy (non-hydrogen) atoms. The summed E-state index contributed by atoms with van der Waals surface area (Å²) in [5, 5.41) is 0. The fourth-order valence-electron chi connectivity index (χ4n) is 1.81. The minimum Gasteiger partial charge on any atom is -0.376 e. The molecule has 1 fully saturated rings. The Kier molecular flexibility index (Phi) is 4.87. The Labute approximate surface area is 118 Å². The van der Waals surface area contributed by atoms with Crippen LogP contribution >= 0.6 is 0 Å². The molecule has 1 aromatic carbocycles. The Hall–Kier alpha value is -1.28. The minimum absolute atomic E-state index is 0.102. The molecule has 6 nitrogen and oxygen atoms in total. The van der Waals surface area contributed by atoms with Gasteiger partial charge in [0.25, 0.3) is 0 Å². The molecule has 0 radical (unpaired) electrons. The highest BCUT2D eigenvalue weighted by molar-refractivity contribution is 7.89. The van der Waals surface area contributed by atoms with E-state index < -0.39 is 10.0 Å². The van der Waals surface area contributed by atoms with E-state index in [-0.39, 0.29) is 23.3 Å². The van der Waals surface area contributed by atoms with Crippen LogP contribution < -0.4 is 4.72 Å². The van der Waals surface area contributed by atoms with Gasteiger partial charge in [-0.1, -0.05) is 12.1 Å². The number of Topliss-reactive ketones (excluding diaryl/α,β-unsaturated/α-hetero) is 1. The van der Waals surface area contributed by atoms with Gasteiger partial charge in [0.15, 0.2) is 5.78 Å². The Morgan fingerprint density at radius 2 is 2.00 bits per heavy atom. The highest BCUT2D eigenvalue weighted by atomic mass is 32.2. The van der Waals surface area contributed by atoms with Crippen LogP contribution in [0.3, 0.4) is 0 Å². The van der Waals surface area contributed by atoms with Crippen LogP contribution in [0, 0.1) is 0 Å². The van der Waals surface area contributed by atoms with Gasteiger partial charge >= 0.3 is 0 Å². The quantitative estimate of drug-likeness (QED) is 0.804. The average molecular weight is 299 g/mol. The van der Waals surface area contributed by atoms with Crippen molar-refractivity contribution in [1.82, 2.24) is 4.72 Å². The first-order chi connectivity index (χ1) is 9.49. The number of hydrogen-bond donors (Lipinski definition) is 1. The first-order valence-corrected chi connectivity index (χ1v) is 7.77. The standard InChI is InChI=1S/C13H17NO5S/c1-10(15)11-2-4-13(5-3-11)20(16,17)14-8-12-9-18-6-7-19-12/h2-5,12,14H,6-9H2,1H3. The van der Waals surface area contributed by atoms with Crippen molar-refractivity contribution in [3.05, 3.63) is 29.8 Å². The predicted octanol–water partition coefficient (Wildman–Crippen LogP) is 0.583. The van der Waals surface area contributed by atoms with Crippen molar-refractivity contribution in [2.75, 3.05) is 26.4 Å². The summed E-state index contributed by atoms with van der Waals surface area (Å²) < 4.78 is 37.2. The summed E-state index contributed by atoms with van der Waals surface area (Å²) in [4.78, 5) is 11.3. The summed E-state index contributed by atoms with van der Waals surface area (Å²) in [6.45, 7) is 2.99. The van der Waals surface area contributed by atoms with Crippen molar-refractivity contribution in [2.45, 2.75) is 17.9 Å². The first kappa shape index (κ1) is 15.1. The van der Waals surface area contributed by atoms with Crippen LogP contribution in [0.15, 0.2) is 29.2 Å². The third kappa shape index (κ3) is 3.86. The number of rotatable bonds is 5. The molecular weight excluding hydrogens is 282 g/mol. The minimum atomic E-state index is -3.60. The molecule has 0 saturated carbocycles. The number of ketones is 1. The molecule has 1 aliphatic heterocycles. The lowest BCUT2D eigenvalue weighted by Crippen LogP contribution is -2.39. The maximum atomic E-state index is 12.1. The summed E-state index contributed by atoms with van der Waals surface area (Å²) in [5.41, 5.74) is 0.480. The highest BCUT2D eigenvalue weighted by Gasteiger charge is 2.19. The van der Waals surface area contributed by atoms with E-state index in [4.69, 9.17) is 9.47 Å². The van der Waals surface area contributed by atoms with Crippen molar-refractivity contribution in [2.24, 2.45) is 0 Å². The van der Waals surface area contributed by atoms with E-state index in [0.29, 0.717) is 25.4 Å². The molecular formula is C13H17NO5S. The second-order valence-corrected chi connectivity index (χ2v) is 6.27. The van der Waals surface area contributed by atoms with Crippen LogP contribution in [0.5, 0.6) is 0 Å². The summed E-state index contributed by atoms with van der Waals surface area (Å²) >= 11 is 0. The van der Waals surface area contributed by atoms with E-state index in [1.54, 1.807) is 0 Å². The predicted molar refractivity (Wildman–Crippen MR) is 72.2 cm³/mol. The normalized spacial score (nSPS) is 19.8. The van der Waals surface area contributed by atoms with Gasteiger partial charge in [0.2, 0.25) is 10.0 Å². The van der Waals surface area contributed by atoms with E-state index in [2.05, 4.69) is 4.72 Å². The van der Waals surface area contributed by atoms with E-state index in [1.807, 2.05) is 0 Å². The van der Waals surface area contributed by atoms with Gasteiger partial charge in [0.1, 0.15) is 0 Å². The second-order valence-electron chi connectivity index (χ2n) is 4.50. The van der Waals surface area contributed by atoms with Gasteiger partial charge in [0, 0.05) is 12.1 Å². The van der Waals surface area contributed by atoms with Crippen molar-refractivity contribution in [3.63, 3.8) is 0 Å². The van der Waals surface area contributed by atoms with Crippen LogP contribution in [0.25, 0.3) is 0 Å². The van der Waals surface area contributed by atoms with Gasteiger partial charge in [-0.25, -0.2) is 13.1 Å². The summed E-state index contributed by atoms with van der Waals surface area (Å²) in [6.07, 6.45) is -0.269. The lowest BCUT2D eigenvalue weighted by atomic mass is 10.2. The van der Waals surface area contributed by atoms with Crippen molar-refractivity contribution in [3.8, 4) is 0 Å². The van der Waals surface area contributed by atoms with Gasteiger partial charge in [-0.2, -0.15) is 0 Å². The van der Waals surface area contributed by atoms with Crippen LogP contribution in [0.4, 0.5) is 0 Å². The molecule has 0 aromatic heterocycles. The maximum Gasteiger partial charge on any atom is 0.240 e. The van der Waals surface area contributed by atoms with E-state index >= 15 is 0 Å². The van der Waals surface area contributed by atoms with Crippen molar-refractivity contribution < 1.29 is 22.7 Å². The molecule has 110 valence electrons. The third-order valence-corrected chi connectivity index (χ3v) is 4.40. The number of carbonyl (C=O) groups is 1. The molecule has 1 aromatic rings. The van der Waals surface area contributed by atoms with Crippen molar-refractivity contribution in [1.29, 1.82) is 0 Å². The number of nitrogens with one attached hydrogen (secondary N) is 1. The van der Waals surface area contributed by atoms with Gasteiger partial charge in [-0.15, -0.1) is 0 Å². The molecule has 1 saturated heterocycles. The molecule has 0 amide bonds. The second kappa shape index (κ2) is 6.45. The zero-order valence-corrected chi connectivity index (χ0v) is 12.0. The van der Waals surface area contributed by atoms with Crippen LogP contribution in [-0.2, 0) is 19.5 Å². The lowest BCUT2D eigenvalue weighted by molar-refractivity contribution is -0.0846. The smallest absolute Gasteiger partial charge is 0.240 e. The molecule has 0 spiro atoms. The molecule has 1 heterocycles. The number of hydrogen-bond acceptors (Lipinski definition) is 5. The largest absolute Gasteiger partial charge is 0.376 e. The van der Waals surface area contributed by atoms with Gasteiger partial charge in [0.05, 0.1) is 30.8 Å². The topological polar surface area (TPSA) is 81.7 Å². The summed E-state index contributed by atoms with van der Waals surface area (Å²) in [7, 11) is -3.60.